The molecule has 0 radical (unpaired) electrons. The largest absolute Gasteiger partial charge is 0.294 e. The van der Waals surface area contributed by atoms with Crippen LogP contribution in [0.15, 0.2) is 10.9 Å². The average molecular weight is 192 g/mol. The van der Waals surface area contributed by atoms with Crippen molar-refractivity contribution in [1.82, 2.24) is 9.55 Å². The van der Waals surface area contributed by atoms with Crippen LogP contribution in [-0.2, 0) is 12.8 Å². The first-order valence-corrected chi connectivity index (χ1v) is 5.33. The van der Waals surface area contributed by atoms with Gasteiger partial charge < -0.3 is 0 Å². The Balaban J connectivity index is 2.57. The molecule has 0 amide bonds. The lowest BCUT2D eigenvalue weighted by Gasteiger charge is -2.24. The van der Waals surface area contributed by atoms with Gasteiger partial charge in [0.1, 0.15) is 5.82 Å². The number of aryl methyl sites for hydroxylation is 2. The summed E-state index contributed by atoms with van der Waals surface area (Å²) in [5.41, 5.74) is 1.05. The third-order valence-corrected chi connectivity index (χ3v) is 2.90. The lowest BCUT2D eigenvalue weighted by atomic mass is 10.1. The van der Waals surface area contributed by atoms with Crippen molar-refractivity contribution >= 4 is 0 Å². The van der Waals surface area contributed by atoms with Crippen LogP contribution in [0.25, 0.3) is 0 Å². The van der Waals surface area contributed by atoms with Crippen molar-refractivity contribution in [3.05, 3.63) is 27.9 Å². The van der Waals surface area contributed by atoms with E-state index in [-0.39, 0.29) is 5.56 Å². The van der Waals surface area contributed by atoms with Crippen molar-refractivity contribution in [1.29, 1.82) is 0 Å². The number of aromatic nitrogens is 2. The second-order valence-corrected chi connectivity index (χ2v) is 3.97. The van der Waals surface area contributed by atoms with Crippen molar-refractivity contribution in [2.45, 2.75) is 45.6 Å². The van der Waals surface area contributed by atoms with Crippen LogP contribution in [0.1, 0.15) is 44.2 Å². The number of hydrogen-bond acceptors (Lipinski definition) is 2. The maximum Gasteiger partial charge on any atom is 0.253 e. The second-order valence-electron chi connectivity index (χ2n) is 3.97. The standard InChI is InChI=1S/C11H16N2O/c1-3-9-7-11(14)13-8(2)5-4-6-10(13)12-9/h7-8H,3-6H2,1-2H3. The normalized spacial score (nSPS) is 20.6. The molecule has 0 fully saturated rings. The molecule has 1 atom stereocenters. The van der Waals surface area contributed by atoms with Gasteiger partial charge in [0, 0.05) is 24.2 Å². The van der Waals surface area contributed by atoms with E-state index in [4.69, 9.17) is 0 Å². The van der Waals surface area contributed by atoms with E-state index in [9.17, 15) is 4.79 Å². The maximum atomic E-state index is 11.8. The Morgan fingerprint density at radius 3 is 3.14 bits per heavy atom. The Labute approximate surface area is 83.8 Å². The van der Waals surface area contributed by atoms with Gasteiger partial charge >= 0.3 is 0 Å². The molecule has 0 aromatic carbocycles. The lowest BCUT2D eigenvalue weighted by molar-refractivity contribution is 0.403. The first kappa shape index (κ1) is 9.44. The van der Waals surface area contributed by atoms with Gasteiger partial charge in [-0.3, -0.25) is 9.36 Å². The van der Waals surface area contributed by atoms with E-state index in [1.54, 1.807) is 6.07 Å². The summed E-state index contributed by atoms with van der Waals surface area (Å²) in [6, 6.07) is 2.00. The molecule has 0 N–H and O–H groups in total. The van der Waals surface area contributed by atoms with Crippen LogP contribution in [0.2, 0.25) is 0 Å². The average Bonchev–Trinajstić information content (AvgIpc) is 2.17. The summed E-state index contributed by atoms with van der Waals surface area (Å²) in [6.45, 7) is 4.13. The molecule has 1 aliphatic heterocycles. The Hall–Kier alpha value is -1.12. The molecule has 1 aliphatic rings. The highest BCUT2D eigenvalue weighted by Crippen LogP contribution is 2.20. The van der Waals surface area contributed by atoms with Gasteiger partial charge in [-0.15, -0.1) is 0 Å². The van der Waals surface area contributed by atoms with Crippen LogP contribution >= 0.6 is 0 Å². The third-order valence-electron chi connectivity index (χ3n) is 2.90. The van der Waals surface area contributed by atoms with Crippen molar-refractivity contribution in [3.8, 4) is 0 Å². The minimum absolute atomic E-state index is 0.124. The highest BCUT2D eigenvalue weighted by atomic mass is 16.1. The number of nitrogens with zero attached hydrogens (tertiary/aromatic N) is 2. The van der Waals surface area contributed by atoms with Gasteiger partial charge in [-0.05, 0) is 26.2 Å². The van der Waals surface area contributed by atoms with Gasteiger partial charge in [0.05, 0.1) is 0 Å². The Bertz CT molecular complexity index is 395. The van der Waals surface area contributed by atoms with Gasteiger partial charge in [0.25, 0.3) is 5.56 Å². The zero-order valence-electron chi connectivity index (χ0n) is 8.79. The molecule has 3 heteroatoms. The quantitative estimate of drug-likeness (QED) is 0.679. The highest BCUT2D eigenvalue weighted by Gasteiger charge is 2.18. The van der Waals surface area contributed by atoms with Crippen molar-refractivity contribution in [2.75, 3.05) is 0 Å². The first-order chi connectivity index (χ1) is 6.72. The molecule has 1 unspecified atom stereocenters. The van der Waals surface area contributed by atoms with E-state index in [2.05, 4.69) is 11.9 Å². The van der Waals surface area contributed by atoms with E-state index >= 15 is 0 Å². The van der Waals surface area contributed by atoms with Gasteiger partial charge in [0.2, 0.25) is 0 Å². The van der Waals surface area contributed by atoms with Gasteiger partial charge in [0.15, 0.2) is 0 Å². The predicted octanol–water partition coefficient (Wildman–Crippen LogP) is 1.70. The Morgan fingerprint density at radius 2 is 2.43 bits per heavy atom. The molecule has 0 saturated heterocycles. The summed E-state index contributed by atoms with van der Waals surface area (Å²) in [7, 11) is 0. The third kappa shape index (κ3) is 1.47. The molecule has 1 aromatic heterocycles. The maximum absolute atomic E-state index is 11.8. The van der Waals surface area contributed by atoms with Crippen LogP contribution in [0.3, 0.4) is 0 Å². The lowest BCUT2D eigenvalue weighted by Crippen LogP contribution is -2.31. The zero-order valence-corrected chi connectivity index (χ0v) is 8.79. The van der Waals surface area contributed by atoms with Gasteiger partial charge in [-0.1, -0.05) is 6.92 Å². The molecule has 0 saturated carbocycles. The van der Waals surface area contributed by atoms with Gasteiger partial charge in [-0.25, -0.2) is 4.98 Å². The van der Waals surface area contributed by atoms with Crippen molar-refractivity contribution < 1.29 is 0 Å². The minimum Gasteiger partial charge on any atom is -0.294 e. The molecular weight excluding hydrogens is 176 g/mol. The highest BCUT2D eigenvalue weighted by molar-refractivity contribution is 5.07. The van der Waals surface area contributed by atoms with E-state index in [0.717, 1.165) is 37.2 Å². The Morgan fingerprint density at radius 1 is 1.64 bits per heavy atom. The summed E-state index contributed by atoms with van der Waals surface area (Å²) in [4.78, 5) is 16.3. The van der Waals surface area contributed by atoms with Crippen LogP contribution in [0.4, 0.5) is 0 Å². The summed E-state index contributed by atoms with van der Waals surface area (Å²) < 4.78 is 1.85. The Kier molecular flexibility index (Phi) is 2.40. The van der Waals surface area contributed by atoms with Crippen LogP contribution in [0, 0.1) is 0 Å². The van der Waals surface area contributed by atoms with Crippen LogP contribution in [0.5, 0.6) is 0 Å². The molecule has 0 aliphatic carbocycles. The smallest absolute Gasteiger partial charge is 0.253 e. The van der Waals surface area contributed by atoms with Crippen LogP contribution < -0.4 is 5.56 Å². The fourth-order valence-electron chi connectivity index (χ4n) is 2.10. The molecule has 0 bridgehead atoms. The molecule has 1 aromatic rings. The van der Waals surface area contributed by atoms with E-state index in [1.807, 2.05) is 11.5 Å². The summed E-state index contributed by atoms with van der Waals surface area (Å²) in [5, 5.41) is 0. The van der Waals surface area contributed by atoms with E-state index < -0.39 is 0 Å². The van der Waals surface area contributed by atoms with E-state index in [1.165, 1.54) is 0 Å². The molecule has 2 rings (SSSR count). The number of hydrogen-bond donors (Lipinski definition) is 0. The molecule has 0 spiro atoms. The molecule has 14 heavy (non-hydrogen) atoms. The zero-order chi connectivity index (χ0) is 10.1. The van der Waals surface area contributed by atoms with Crippen molar-refractivity contribution in [3.63, 3.8) is 0 Å². The van der Waals surface area contributed by atoms with Gasteiger partial charge in [-0.2, -0.15) is 0 Å². The number of fused-ring (bicyclic) bond motifs is 1. The SMILES string of the molecule is CCc1cc(=O)n2c(n1)CCCC2C. The summed E-state index contributed by atoms with van der Waals surface area (Å²) in [5.74, 6) is 0.980. The molecule has 76 valence electrons. The predicted molar refractivity (Wildman–Crippen MR) is 55.5 cm³/mol. The fraction of sp³-hybridized carbons (Fsp3) is 0.636. The minimum atomic E-state index is 0.124. The summed E-state index contributed by atoms with van der Waals surface area (Å²) in [6.07, 6.45) is 4.05. The fourth-order valence-corrected chi connectivity index (χ4v) is 2.10. The van der Waals surface area contributed by atoms with Crippen LogP contribution in [-0.4, -0.2) is 9.55 Å². The van der Waals surface area contributed by atoms with Crippen molar-refractivity contribution in [2.24, 2.45) is 0 Å². The molecule has 2 heterocycles. The second kappa shape index (κ2) is 3.56. The molecular formula is C11H16N2O. The first-order valence-electron chi connectivity index (χ1n) is 5.33. The number of rotatable bonds is 1. The molecule has 3 nitrogen and oxygen atoms in total. The van der Waals surface area contributed by atoms with E-state index in [0.29, 0.717) is 6.04 Å². The monoisotopic (exact) mass is 192 g/mol. The topological polar surface area (TPSA) is 34.9 Å². The summed E-state index contributed by atoms with van der Waals surface area (Å²) >= 11 is 0.